The van der Waals surface area contributed by atoms with E-state index in [1.165, 1.54) is 0 Å². The van der Waals surface area contributed by atoms with Crippen molar-refractivity contribution in [3.05, 3.63) is 0 Å². The molecule has 3 heteroatoms. The third-order valence-corrected chi connectivity index (χ3v) is 1.39. The van der Waals surface area contributed by atoms with Crippen LogP contribution in [0.15, 0.2) is 0 Å². The van der Waals surface area contributed by atoms with Crippen molar-refractivity contribution in [2.45, 2.75) is 38.5 Å². The van der Waals surface area contributed by atoms with Gasteiger partial charge in [0.15, 0.2) is 0 Å². The minimum atomic E-state index is 0. The molecule has 0 unspecified atom stereocenters. The normalized spacial score (nSPS) is 8.36. The smallest absolute Gasteiger partial charge is 0.119 e. The molecule has 0 spiro atoms. The Morgan fingerprint density at radius 1 is 0.727 bits per heavy atom. The average molecular weight is 190 g/mol. The van der Waals surface area contributed by atoms with Crippen molar-refractivity contribution in [1.29, 1.82) is 0 Å². The molecule has 0 atom stereocenters. The van der Waals surface area contributed by atoms with Gasteiger partial charge < -0.3 is 9.59 Å². The first-order valence-corrected chi connectivity index (χ1v) is 3.79. The summed E-state index contributed by atoms with van der Waals surface area (Å²) in [4.78, 5) is 19.7. The Kier molecular flexibility index (Phi) is 15.7. The first-order chi connectivity index (χ1) is 4.91. The van der Waals surface area contributed by atoms with E-state index in [1.54, 1.807) is 0 Å². The Labute approximate surface area is 82.6 Å². The van der Waals surface area contributed by atoms with Crippen LogP contribution in [0.2, 0.25) is 0 Å². The van der Waals surface area contributed by atoms with Crippen molar-refractivity contribution in [2.24, 2.45) is 0 Å². The van der Waals surface area contributed by atoms with Gasteiger partial charge in [0.2, 0.25) is 0 Å². The van der Waals surface area contributed by atoms with Gasteiger partial charge in [-0.1, -0.05) is 12.8 Å². The third-order valence-electron chi connectivity index (χ3n) is 1.39. The van der Waals surface area contributed by atoms with Crippen LogP contribution in [0.3, 0.4) is 0 Å². The molecule has 0 aromatic carbocycles. The van der Waals surface area contributed by atoms with Crippen molar-refractivity contribution in [3.63, 3.8) is 0 Å². The molecule has 0 aliphatic rings. The number of unbranched alkanes of at least 4 members (excludes halogenated alkanes) is 5. The molecule has 0 aromatic heterocycles. The van der Waals surface area contributed by atoms with Crippen LogP contribution in [0.1, 0.15) is 38.5 Å². The van der Waals surface area contributed by atoms with E-state index in [0.29, 0.717) is 12.8 Å². The number of carbonyl (C=O) groups is 2. The Bertz CT molecular complexity index is 82.1. The molecule has 0 saturated carbocycles. The Balaban J connectivity index is 0. The molecule has 0 saturated heterocycles. The van der Waals surface area contributed by atoms with Crippen molar-refractivity contribution in [2.75, 3.05) is 0 Å². The molecular weight excluding hydrogens is 176 g/mol. The predicted molar refractivity (Wildman–Crippen MR) is 39.8 cm³/mol. The molecule has 0 fully saturated rings. The van der Waals surface area contributed by atoms with Crippen molar-refractivity contribution in [1.82, 2.24) is 0 Å². The first kappa shape index (κ1) is 13.6. The monoisotopic (exact) mass is 190 g/mol. The second kappa shape index (κ2) is 12.7. The van der Waals surface area contributed by atoms with Crippen molar-refractivity contribution >= 4 is 12.6 Å². The van der Waals surface area contributed by atoms with E-state index in [-0.39, 0.29) is 21.7 Å². The largest absolute Gasteiger partial charge is 0.303 e. The van der Waals surface area contributed by atoms with Crippen LogP contribution in [-0.2, 0) is 31.3 Å². The van der Waals surface area contributed by atoms with E-state index >= 15 is 0 Å². The molecule has 0 heterocycles. The molecule has 0 aliphatic carbocycles. The van der Waals surface area contributed by atoms with Crippen molar-refractivity contribution in [3.8, 4) is 0 Å². The van der Waals surface area contributed by atoms with Crippen LogP contribution in [0.25, 0.3) is 0 Å². The number of aldehydes is 2. The fourth-order valence-electron chi connectivity index (χ4n) is 0.809. The van der Waals surface area contributed by atoms with Crippen molar-refractivity contribution < 1.29 is 31.3 Å². The standard InChI is InChI=1S/C8H14O2.Ti/c9-7-5-3-1-2-4-6-8-10;/h7-8H,1-6H2;. The summed E-state index contributed by atoms with van der Waals surface area (Å²) in [5, 5.41) is 0. The fourth-order valence-corrected chi connectivity index (χ4v) is 0.809. The van der Waals surface area contributed by atoms with Gasteiger partial charge >= 0.3 is 0 Å². The van der Waals surface area contributed by atoms with Crippen LogP contribution in [0.4, 0.5) is 0 Å². The number of carbonyl (C=O) groups excluding carboxylic acids is 2. The molecule has 0 radical (unpaired) electrons. The summed E-state index contributed by atoms with van der Waals surface area (Å²) < 4.78 is 0. The van der Waals surface area contributed by atoms with E-state index in [1.807, 2.05) is 0 Å². The summed E-state index contributed by atoms with van der Waals surface area (Å²) in [5.74, 6) is 0. The zero-order valence-electron chi connectivity index (χ0n) is 6.71. The van der Waals surface area contributed by atoms with Gasteiger partial charge in [-0.2, -0.15) is 0 Å². The second-order valence-electron chi connectivity index (χ2n) is 2.32. The molecule has 0 amide bonds. The summed E-state index contributed by atoms with van der Waals surface area (Å²) in [6.45, 7) is 0. The molecule has 0 aliphatic heterocycles. The summed E-state index contributed by atoms with van der Waals surface area (Å²) in [6, 6.07) is 0. The van der Waals surface area contributed by atoms with Gasteiger partial charge in [-0.3, -0.25) is 0 Å². The summed E-state index contributed by atoms with van der Waals surface area (Å²) >= 11 is 0. The van der Waals surface area contributed by atoms with Gasteiger partial charge in [0.25, 0.3) is 0 Å². The number of hydrogen-bond acceptors (Lipinski definition) is 2. The summed E-state index contributed by atoms with van der Waals surface area (Å²) in [6.07, 6.45) is 7.32. The quantitative estimate of drug-likeness (QED) is 0.348. The number of rotatable bonds is 7. The van der Waals surface area contributed by atoms with Crippen LogP contribution in [0.5, 0.6) is 0 Å². The molecule has 0 N–H and O–H groups in total. The maximum atomic E-state index is 9.84. The average Bonchev–Trinajstić information content (AvgIpc) is 1.97. The fraction of sp³-hybridized carbons (Fsp3) is 0.750. The first-order valence-electron chi connectivity index (χ1n) is 3.79. The topological polar surface area (TPSA) is 34.1 Å². The number of hydrogen-bond donors (Lipinski definition) is 0. The zero-order chi connectivity index (χ0) is 7.66. The molecule has 0 aromatic rings. The van der Waals surface area contributed by atoms with E-state index in [4.69, 9.17) is 0 Å². The molecular formula is C8H14O2Ti. The van der Waals surface area contributed by atoms with E-state index in [2.05, 4.69) is 0 Å². The van der Waals surface area contributed by atoms with Gasteiger partial charge in [0.05, 0.1) is 0 Å². The minimum Gasteiger partial charge on any atom is -0.303 e. The van der Waals surface area contributed by atoms with Crippen LogP contribution in [-0.4, -0.2) is 12.6 Å². The second-order valence-corrected chi connectivity index (χ2v) is 2.32. The summed E-state index contributed by atoms with van der Waals surface area (Å²) in [7, 11) is 0. The maximum Gasteiger partial charge on any atom is 0.119 e. The molecule has 2 nitrogen and oxygen atoms in total. The Morgan fingerprint density at radius 2 is 1.09 bits per heavy atom. The van der Waals surface area contributed by atoms with Crippen LogP contribution >= 0.6 is 0 Å². The van der Waals surface area contributed by atoms with Crippen LogP contribution < -0.4 is 0 Å². The van der Waals surface area contributed by atoms with Gasteiger partial charge in [-0.05, 0) is 12.8 Å². The van der Waals surface area contributed by atoms with E-state index < -0.39 is 0 Å². The SMILES string of the molecule is O=CCCCCCCC=O.[Ti]. The molecule has 11 heavy (non-hydrogen) atoms. The van der Waals surface area contributed by atoms with Gasteiger partial charge in [-0.25, -0.2) is 0 Å². The maximum absolute atomic E-state index is 9.84. The predicted octanol–water partition coefficient (Wildman–Crippen LogP) is 1.72. The Hall–Kier alpha value is 0.0543. The summed E-state index contributed by atoms with van der Waals surface area (Å²) in [5.41, 5.74) is 0. The minimum absolute atomic E-state index is 0. The van der Waals surface area contributed by atoms with E-state index in [0.717, 1.165) is 38.3 Å². The van der Waals surface area contributed by atoms with Gasteiger partial charge in [0.1, 0.15) is 12.6 Å². The van der Waals surface area contributed by atoms with Crippen LogP contribution in [0, 0.1) is 0 Å². The molecule has 0 rings (SSSR count). The van der Waals surface area contributed by atoms with Gasteiger partial charge in [0, 0.05) is 34.6 Å². The zero-order valence-corrected chi connectivity index (χ0v) is 8.28. The third kappa shape index (κ3) is 13.1. The molecule has 0 bridgehead atoms. The molecule has 62 valence electrons. The Morgan fingerprint density at radius 3 is 1.36 bits per heavy atom. The van der Waals surface area contributed by atoms with Gasteiger partial charge in [-0.15, -0.1) is 0 Å². The van der Waals surface area contributed by atoms with E-state index in [9.17, 15) is 9.59 Å².